The van der Waals surface area contributed by atoms with Crippen molar-refractivity contribution in [1.82, 2.24) is 15.3 Å². The third-order valence-corrected chi connectivity index (χ3v) is 4.34. The third kappa shape index (κ3) is 2.92. The van der Waals surface area contributed by atoms with Crippen LogP contribution in [0, 0.1) is 0 Å². The number of nitrogens with zero attached hydrogens (tertiary/aromatic N) is 2. The van der Waals surface area contributed by atoms with Gasteiger partial charge in [0.2, 0.25) is 0 Å². The normalized spacial score (nSPS) is 10.4. The molecule has 0 unspecified atom stereocenters. The Morgan fingerprint density at radius 1 is 1.15 bits per heavy atom. The molecule has 0 aliphatic heterocycles. The summed E-state index contributed by atoms with van der Waals surface area (Å²) < 4.78 is 0. The number of carbonyl (C=O) groups excluding carboxylic acids is 1. The standard InChI is InChI=1S/C14H11N3OS2/c18-14(12-5-3-7-19-12)16-8-13-17-11(9-20-13)10-4-1-2-6-15-10/h1-7,9H,8H2,(H,16,18). The van der Waals surface area contributed by atoms with E-state index in [1.165, 1.54) is 22.7 Å². The van der Waals surface area contributed by atoms with Gasteiger partial charge in [-0.3, -0.25) is 9.78 Å². The van der Waals surface area contributed by atoms with Crippen molar-refractivity contribution in [2.75, 3.05) is 0 Å². The summed E-state index contributed by atoms with van der Waals surface area (Å²) in [5.41, 5.74) is 1.69. The van der Waals surface area contributed by atoms with Crippen LogP contribution in [-0.4, -0.2) is 15.9 Å². The van der Waals surface area contributed by atoms with Gasteiger partial charge < -0.3 is 5.32 Å². The van der Waals surface area contributed by atoms with Crippen LogP contribution in [0.25, 0.3) is 11.4 Å². The van der Waals surface area contributed by atoms with Gasteiger partial charge in [0.15, 0.2) is 0 Å². The van der Waals surface area contributed by atoms with Crippen molar-refractivity contribution >= 4 is 28.6 Å². The number of rotatable bonds is 4. The predicted molar refractivity (Wildman–Crippen MR) is 80.8 cm³/mol. The maximum Gasteiger partial charge on any atom is 0.261 e. The number of carbonyl (C=O) groups is 1. The minimum Gasteiger partial charge on any atom is -0.345 e. The van der Waals surface area contributed by atoms with Gasteiger partial charge in [0, 0.05) is 11.6 Å². The molecule has 1 amide bonds. The highest BCUT2D eigenvalue weighted by atomic mass is 32.1. The minimum absolute atomic E-state index is 0.0606. The molecule has 0 atom stereocenters. The van der Waals surface area contributed by atoms with E-state index in [-0.39, 0.29) is 5.91 Å². The molecule has 0 spiro atoms. The summed E-state index contributed by atoms with van der Waals surface area (Å²) >= 11 is 2.95. The van der Waals surface area contributed by atoms with Gasteiger partial charge in [-0.15, -0.1) is 22.7 Å². The molecule has 0 aliphatic carbocycles. The molecule has 0 saturated heterocycles. The van der Waals surface area contributed by atoms with Crippen molar-refractivity contribution in [3.63, 3.8) is 0 Å². The zero-order valence-electron chi connectivity index (χ0n) is 10.4. The maximum absolute atomic E-state index is 11.8. The Balaban J connectivity index is 1.65. The molecule has 3 heterocycles. The molecule has 0 fully saturated rings. The van der Waals surface area contributed by atoms with E-state index >= 15 is 0 Å². The number of nitrogens with one attached hydrogen (secondary N) is 1. The molecule has 3 aromatic heterocycles. The summed E-state index contributed by atoms with van der Waals surface area (Å²) in [4.78, 5) is 21.3. The molecule has 4 nitrogen and oxygen atoms in total. The monoisotopic (exact) mass is 301 g/mol. The lowest BCUT2D eigenvalue weighted by molar-refractivity contribution is 0.0955. The second-order valence-corrected chi connectivity index (χ2v) is 5.89. The van der Waals surface area contributed by atoms with E-state index in [4.69, 9.17) is 0 Å². The fraction of sp³-hybridized carbons (Fsp3) is 0.0714. The largest absolute Gasteiger partial charge is 0.345 e. The number of hydrogen-bond donors (Lipinski definition) is 1. The molecule has 3 aromatic rings. The van der Waals surface area contributed by atoms with Crippen LogP contribution >= 0.6 is 22.7 Å². The van der Waals surface area contributed by atoms with E-state index in [1.807, 2.05) is 35.0 Å². The van der Waals surface area contributed by atoms with Crippen LogP contribution in [0.5, 0.6) is 0 Å². The minimum atomic E-state index is -0.0606. The van der Waals surface area contributed by atoms with Gasteiger partial charge >= 0.3 is 0 Å². The molecule has 20 heavy (non-hydrogen) atoms. The molecule has 0 aromatic carbocycles. The van der Waals surface area contributed by atoms with E-state index < -0.39 is 0 Å². The first kappa shape index (κ1) is 13.0. The van der Waals surface area contributed by atoms with Crippen molar-refractivity contribution < 1.29 is 4.79 Å². The van der Waals surface area contributed by atoms with Crippen LogP contribution < -0.4 is 5.32 Å². The molecule has 100 valence electrons. The number of amides is 1. The van der Waals surface area contributed by atoms with Gasteiger partial charge in [-0.1, -0.05) is 12.1 Å². The highest BCUT2D eigenvalue weighted by Crippen LogP contribution is 2.19. The molecule has 1 N–H and O–H groups in total. The Labute approximate surface area is 124 Å². The second-order valence-electron chi connectivity index (χ2n) is 4.00. The number of aromatic nitrogens is 2. The molecular weight excluding hydrogens is 290 g/mol. The van der Waals surface area contributed by atoms with Gasteiger partial charge in [0.05, 0.1) is 22.8 Å². The molecule has 0 aliphatic rings. The lowest BCUT2D eigenvalue weighted by Gasteiger charge is -2.00. The topological polar surface area (TPSA) is 54.9 Å². The van der Waals surface area contributed by atoms with Crippen LogP contribution in [0.3, 0.4) is 0 Å². The lowest BCUT2D eigenvalue weighted by atomic mass is 10.3. The summed E-state index contributed by atoms with van der Waals surface area (Å²) in [7, 11) is 0. The Bertz CT molecular complexity index is 692. The average Bonchev–Trinajstić information content (AvgIpc) is 3.17. The van der Waals surface area contributed by atoms with Crippen molar-refractivity contribution in [2.24, 2.45) is 0 Å². The zero-order valence-corrected chi connectivity index (χ0v) is 12.1. The molecule has 3 rings (SSSR count). The van der Waals surface area contributed by atoms with Crippen LogP contribution in [0.1, 0.15) is 14.7 Å². The quantitative estimate of drug-likeness (QED) is 0.805. The van der Waals surface area contributed by atoms with E-state index in [2.05, 4.69) is 15.3 Å². The van der Waals surface area contributed by atoms with Crippen molar-refractivity contribution in [2.45, 2.75) is 6.54 Å². The highest BCUT2D eigenvalue weighted by molar-refractivity contribution is 7.12. The SMILES string of the molecule is O=C(NCc1nc(-c2ccccn2)cs1)c1cccs1. The first-order chi connectivity index (χ1) is 9.83. The van der Waals surface area contributed by atoms with E-state index in [1.54, 1.807) is 12.3 Å². The number of thiophene rings is 1. The summed E-state index contributed by atoms with van der Waals surface area (Å²) in [6.07, 6.45) is 1.74. The maximum atomic E-state index is 11.8. The summed E-state index contributed by atoms with van der Waals surface area (Å²) in [6.45, 7) is 0.439. The predicted octanol–water partition coefficient (Wildman–Crippen LogP) is 3.20. The van der Waals surface area contributed by atoms with Crippen molar-refractivity contribution in [1.29, 1.82) is 0 Å². The zero-order chi connectivity index (χ0) is 13.8. The Morgan fingerprint density at radius 2 is 2.10 bits per heavy atom. The Morgan fingerprint density at radius 3 is 2.85 bits per heavy atom. The summed E-state index contributed by atoms with van der Waals surface area (Å²) in [5, 5.41) is 7.58. The van der Waals surface area contributed by atoms with E-state index in [0.29, 0.717) is 11.4 Å². The molecular formula is C14H11N3OS2. The fourth-order valence-corrected chi connectivity index (χ4v) is 3.04. The fourth-order valence-electron chi connectivity index (χ4n) is 1.67. The first-order valence-electron chi connectivity index (χ1n) is 6.00. The van der Waals surface area contributed by atoms with Crippen LogP contribution in [-0.2, 0) is 6.54 Å². The van der Waals surface area contributed by atoms with Crippen molar-refractivity contribution in [3.05, 3.63) is 57.2 Å². The van der Waals surface area contributed by atoms with Crippen LogP contribution in [0.15, 0.2) is 47.3 Å². The van der Waals surface area contributed by atoms with Gasteiger partial charge in [-0.05, 0) is 23.6 Å². The van der Waals surface area contributed by atoms with Gasteiger partial charge in [-0.25, -0.2) is 4.98 Å². The third-order valence-electron chi connectivity index (χ3n) is 2.62. The highest BCUT2D eigenvalue weighted by Gasteiger charge is 2.09. The lowest BCUT2D eigenvalue weighted by Crippen LogP contribution is -2.21. The van der Waals surface area contributed by atoms with Gasteiger partial charge in [-0.2, -0.15) is 0 Å². The number of thiazole rings is 1. The van der Waals surface area contributed by atoms with Gasteiger partial charge in [0.1, 0.15) is 5.01 Å². The molecule has 0 radical (unpaired) electrons. The Hall–Kier alpha value is -2.05. The molecule has 0 saturated carbocycles. The van der Waals surface area contributed by atoms with Crippen LogP contribution in [0.2, 0.25) is 0 Å². The van der Waals surface area contributed by atoms with E-state index in [0.717, 1.165) is 16.4 Å². The Kier molecular flexibility index (Phi) is 3.85. The molecule has 6 heteroatoms. The number of hydrogen-bond acceptors (Lipinski definition) is 5. The van der Waals surface area contributed by atoms with Crippen LogP contribution in [0.4, 0.5) is 0 Å². The van der Waals surface area contributed by atoms with Crippen molar-refractivity contribution in [3.8, 4) is 11.4 Å². The average molecular weight is 301 g/mol. The number of pyridine rings is 1. The second kappa shape index (κ2) is 5.94. The summed E-state index contributed by atoms with van der Waals surface area (Å²) in [6, 6.07) is 9.39. The summed E-state index contributed by atoms with van der Waals surface area (Å²) in [5.74, 6) is -0.0606. The smallest absolute Gasteiger partial charge is 0.261 e. The molecule has 0 bridgehead atoms. The van der Waals surface area contributed by atoms with Gasteiger partial charge in [0.25, 0.3) is 5.91 Å². The first-order valence-corrected chi connectivity index (χ1v) is 7.76. The van der Waals surface area contributed by atoms with E-state index in [9.17, 15) is 4.79 Å².